The van der Waals surface area contributed by atoms with Crippen molar-refractivity contribution in [2.75, 3.05) is 33.9 Å². The summed E-state index contributed by atoms with van der Waals surface area (Å²) >= 11 is 0. The molecule has 7 nitrogen and oxygen atoms in total. The summed E-state index contributed by atoms with van der Waals surface area (Å²) in [5.74, 6) is 1.18. The van der Waals surface area contributed by atoms with Crippen molar-refractivity contribution in [1.29, 1.82) is 0 Å². The van der Waals surface area contributed by atoms with Crippen molar-refractivity contribution < 1.29 is 19.0 Å². The summed E-state index contributed by atoms with van der Waals surface area (Å²) in [6.45, 7) is 7.43. The highest BCUT2D eigenvalue weighted by Gasteiger charge is 2.35. The molecule has 1 aromatic heterocycles. The number of methoxy groups -OCH3 is 2. The van der Waals surface area contributed by atoms with Crippen molar-refractivity contribution in [3.63, 3.8) is 0 Å². The van der Waals surface area contributed by atoms with E-state index in [-0.39, 0.29) is 12.1 Å². The summed E-state index contributed by atoms with van der Waals surface area (Å²) in [6, 6.07) is -0.244. The summed E-state index contributed by atoms with van der Waals surface area (Å²) < 4.78 is 16.4. The fourth-order valence-corrected chi connectivity index (χ4v) is 2.59. The predicted molar refractivity (Wildman–Crippen MR) is 85.9 cm³/mol. The fourth-order valence-electron chi connectivity index (χ4n) is 2.59. The lowest BCUT2D eigenvalue weighted by molar-refractivity contribution is 0.0113. The average molecular weight is 323 g/mol. The summed E-state index contributed by atoms with van der Waals surface area (Å²) in [7, 11) is 3.15. The number of pyridine rings is 1. The Bertz CT molecular complexity index is 534. The molecule has 1 amide bonds. The molecule has 1 aromatic rings. The van der Waals surface area contributed by atoms with Crippen LogP contribution in [-0.2, 0) is 4.74 Å². The number of carbonyl (C=O) groups excluding carboxylic acids is 1. The molecule has 2 heterocycles. The largest absolute Gasteiger partial charge is 0.495 e. The molecule has 0 aliphatic carbocycles. The van der Waals surface area contributed by atoms with Gasteiger partial charge >= 0.3 is 6.09 Å². The van der Waals surface area contributed by atoms with Gasteiger partial charge in [-0.15, -0.1) is 0 Å². The first-order chi connectivity index (χ1) is 10.9. The number of carbonyl (C=O) groups is 1. The Morgan fingerprint density at radius 2 is 1.87 bits per heavy atom. The molecule has 1 aliphatic rings. The Morgan fingerprint density at radius 1 is 1.26 bits per heavy atom. The van der Waals surface area contributed by atoms with Crippen LogP contribution in [0.1, 0.15) is 32.4 Å². The van der Waals surface area contributed by atoms with Crippen LogP contribution in [0, 0.1) is 0 Å². The Hall–Kier alpha value is -2.02. The molecular formula is C16H25N3O4. The molecule has 23 heavy (non-hydrogen) atoms. The van der Waals surface area contributed by atoms with Gasteiger partial charge in [0.1, 0.15) is 17.1 Å². The first kappa shape index (κ1) is 17.3. The second-order valence-electron chi connectivity index (χ2n) is 6.35. The lowest BCUT2D eigenvalue weighted by Gasteiger charge is -2.38. The number of ether oxygens (including phenoxy) is 3. The first-order valence-electron chi connectivity index (χ1n) is 7.63. The second-order valence-corrected chi connectivity index (χ2v) is 6.35. The maximum Gasteiger partial charge on any atom is 0.410 e. The Labute approximate surface area is 136 Å². The molecule has 128 valence electrons. The molecule has 1 atom stereocenters. The van der Waals surface area contributed by atoms with Crippen LogP contribution < -0.4 is 14.8 Å². The smallest absolute Gasteiger partial charge is 0.410 e. The number of aromatic nitrogens is 1. The molecule has 0 bridgehead atoms. The summed E-state index contributed by atoms with van der Waals surface area (Å²) in [4.78, 5) is 18.4. The minimum Gasteiger partial charge on any atom is -0.495 e. The summed E-state index contributed by atoms with van der Waals surface area (Å²) in [6.07, 6.45) is 2.91. The van der Waals surface area contributed by atoms with Crippen molar-refractivity contribution in [2.24, 2.45) is 0 Å². The van der Waals surface area contributed by atoms with Crippen molar-refractivity contribution in [1.82, 2.24) is 15.2 Å². The Kier molecular flexibility index (Phi) is 5.30. The highest BCUT2D eigenvalue weighted by atomic mass is 16.6. The van der Waals surface area contributed by atoms with Crippen molar-refractivity contribution in [3.05, 3.63) is 18.0 Å². The van der Waals surface area contributed by atoms with Crippen molar-refractivity contribution in [2.45, 2.75) is 32.4 Å². The number of amides is 1. The molecule has 1 saturated heterocycles. The number of hydrogen-bond acceptors (Lipinski definition) is 6. The zero-order chi connectivity index (χ0) is 17.0. The van der Waals surface area contributed by atoms with Gasteiger partial charge in [-0.2, -0.15) is 0 Å². The zero-order valence-corrected chi connectivity index (χ0v) is 14.4. The van der Waals surface area contributed by atoms with E-state index in [0.717, 1.165) is 5.56 Å². The van der Waals surface area contributed by atoms with Crippen LogP contribution in [0.5, 0.6) is 11.5 Å². The van der Waals surface area contributed by atoms with Gasteiger partial charge in [0.25, 0.3) is 0 Å². The molecule has 1 N–H and O–H groups in total. The van der Waals surface area contributed by atoms with Crippen molar-refractivity contribution >= 4 is 6.09 Å². The number of rotatable bonds is 3. The topological polar surface area (TPSA) is 72.9 Å². The Balaban J connectivity index is 2.37. The van der Waals surface area contributed by atoms with E-state index in [1.807, 2.05) is 20.8 Å². The van der Waals surface area contributed by atoms with Gasteiger partial charge in [0.15, 0.2) is 0 Å². The van der Waals surface area contributed by atoms with Gasteiger partial charge < -0.3 is 19.5 Å². The molecular weight excluding hydrogens is 298 g/mol. The highest BCUT2D eigenvalue weighted by molar-refractivity contribution is 5.69. The molecule has 1 aliphatic heterocycles. The van der Waals surface area contributed by atoms with Gasteiger partial charge in [-0.3, -0.25) is 9.88 Å². The minimum absolute atomic E-state index is 0.244. The number of nitrogens with zero attached hydrogens (tertiary/aromatic N) is 2. The predicted octanol–water partition coefficient (Wildman–Crippen LogP) is 1.98. The average Bonchev–Trinajstić information content (AvgIpc) is 2.52. The molecule has 1 unspecified atom stereocenters. The normalized spacial score (nSPS) is 18.5. The van der Waals surface area contributed by atoms with Gasteiger partial charge in [0, 0.05) is 19.6 Å². The van der Waals surface area contributed by atoms with Gasteiger partial charge in [0.2, 0.25) is 0 Å². The van der Waals surface area contributed by atoms with Gasteiger partial charge in [-0.1, -0.05) is 0 Å². The van der Waals surface area contributed by atoms with Crippen LogP contribution in [-0.4, -0.2) is 55.4 Å². The standard InChI is InChI=1S/C16H25N3O4/c1-16(2,3)23-15(20)19-7-6-17-8-11(19)14-12(21-4)9-18-10-13(14)22-5/h9-11,17H,6-8H2,1-5H3. The van der Waals surface area contributed by atoms with E-state index < -0.39 is 5.60 Å². The van der Waals surface area contributed by atoms with Gasteiger partial charge in [0.05, 0.1) is 38.2 Å². The number of hydrogen-bond donors (Lipinski definition) is 1. The van der Waals surface area contributed by atoms with E-state index in [9.17, 15) is 4.79 Å². The van der Waals surface area contributed by atoms with Crippen molar-refractivity contribution in [3.8, 4) is 11.5 Å². The lowest BCUT2D eigenvalue weighted by atomic mass is 10.0. The van der Waals surface area contributed by atoms with Crippen LogP contribution in [0.4, 0.5) is 4.79 Å². The molecule has 0 aromatic carbocycles. The van der Waals surface area contributed by atoms with Crippen LogP contribution in [0.25, 0.3) is 0 Å². The quantitative estimate of drug-likeness (QED) is 0.917. The van der Waals surface area contributed by atoms with Crippen LogP contribution in [0.3, 0.4) is 0 Å². The monoisotopic (exact) mass is 323 g/mol. The minimum atomic E-state index is -0.543. The maximum absolute atomic E-state index is 12.6. The molecule has 0 saturated carbocycles. The second kappa shape index (κ2) is 7.04. The summed E-state index contributed by atoms with van der Waals surface area (Å²) in [5, 5.41) is 3.30. The molecule has 1 fully saturated rings. The van der Waals surface area contributed by atoms with Crippen LogP contribution >= 0.6 is 0 Å². The van der Waals surface area contributed by atoms with E-state index in [4.69, 9.17) is 14.2 Å². The first-order valence-corrected chi connectivity index (χ1v) is 7.63. The third-order valence-electron chi connectivity index (χ3n) is 3.56. The lowest BCUT2D eigenvalue weighted by Crippen LogP contribution is -2.50. The number of piperazine rings is 1. The van der Waals surface area contributed by atoms with E-state index in [1.54, 1.807) is 31.5 Å². The molecule has 7 heteroatoms. The highest BCUT2D eigenvalue weighted by Crippen LogP contribution is 2.37. The van der Waals surface area contributed by atoms with Gasteiger partial charge in [-0.05, 0) is 20.8 Å². The van der Waals surface area contributed by atoms with E-state index in [1.165, 1.54) is 0 Å². The molecule has 2 rings (SSSR count). The number of nitrogens with one attached hydrogen (secondary N) is 1. The SMILES string of the molecule is COc1cncc(OC)c1C1CNCCN1C(=O)OC(C)(C)C. The Morgan fingerprint density at radius 3 is 2.39 bits per heavy atom. The molecule has 0 spiro atoms. The maximum atomic E-state index is 12.6. The van der Waals surface area contributed by atoms with Gasteiger partial charge in [-0.25, -0.2) is 4.79 Å². The van der Waals surface area contributed by atoms with Crippen LogP contribution in [0.2, 0.25) is 0 Å². The van der Waals surface area contributed by atoms with E-state index in [2.05, 4.69) is 10.3 Å². The third kappa shape index (κ3) is 4.04. The van der Waals surface area contributed by atoms with E-state index >= 15 is 0 Å². The zero-order valence-electron chi connectivity index (χ0n) is 14.4. The molecule has 0 radical (unpaired) electrons. The third-order valence-corrected chi connectivity index (χ3v) is 3.56. The fraction of sp³-hybridized carbons (Fsp3) is 0.625. The van der Waals surface area contributed by atoms with E-state index in [0.29, 0.717) is 31.1 Å². The summed E-state index contributed by atoms with van der Waals surface area (Å²) in [5.41, 5.74) is 0.252. The van der Waals surface area contributed by atoms with Crippen LogP contribution in [0.15, 0.2) is 12.4 Å².